The van der Waals surface area contributed by atoms with Gasteiger partial charge in [-0.15, -0.1) is 0 Å². The quantitative estimate of drug-likeness (QED) is 0.774. The van der Waals surface area contributed by atoms with Gasteiger partial charge in [0.25, 0.3) is 0 Å². The second-order valence-electron chi connectivity index (χ2n) is 5.97. The Balaban J connectivity index is 1.91. The van der Waals surface area contributed by atoms with Crippen LogP contribution in [0.3, 0.4) is 0 Å². The molecular weight excluding hydrogens is 308 g/mol. The number of anilines is 1. The number of carbonyl (C=O) groups is 3. The molecule has 1 aliphatic rings. The van der Waals surface area contributed by atoms with Crippen molar-refractivity contribution in [1.82, 2.24) is 5.32 Å². The van der Waals surface area contributed by atoms with Crippen molar-refractivity contribution in [2.45, 2.75) is 39.2 Å². The number of carbonyl (C=O) groups excluding carboxylic acids is 3. The van der Waals surface area contributed by atoms with Crippen molar-refractivity contribution in [2.75, 3.05) is 24.6 Å². The molecule has 2 amide bonds. The monoisotopic (exact) mass is 332 g/mol. The largest absolute Gasteiger partial charge is 0.376 e. The van der Waals surface area contributed by atoms with Gasteiger partial charge in [0.1, 0.15) is 0 Å². The zero-order valence-corrected chi connectivity index (χ0v) is 14.2. The Bertz CT molecular complexity index is 609. The number of Topliss-reactive ketones (excluding diaryl/α,β-unsaturated/α-hetero) is 1. The number of nitrogens with one attached hydrogen (secondary N) is 1. The molecular formula is C18H24N2O4. The van der Waals surface area contributed by atoms with Crippen LogP contribution in [-0.2, 0) is 14.3 Å². The van der Waals surface area contributed by atoms with E-state index in [1.54, 1.807) is 24.3 Å². The van der Waals surface area contributed by atoms with Crippen LogP contribution in [0.1, 0.15) is 43.5 Å². The fraction of sp³-hybridized carbons (Fsp3) is 0.500. The van der Waals surface area contributed by atoms with Gasteiger partial charge in [0.15, 0.2) is 5.78 Å². The average molecular weight is 332 g/mol. The van der Waals surface area contributed by atoms with Crippen LogP contribution in [-0.4, -0.2) is 43.4 Å². The first-order valence-electron chi connectivity index (χ1n) is 8.25. The van der Waals surface area contributed by atoms with Crippen LogP contribution in [0.4, 0.5) is 5.69 Å². The smallest absolute Gasteiger partial charge is 0.223 e. The fourth-order valence-corrected chi connectivity index (χ4v) is 2.70. The Morgan fingerprint density at radius 2 is 2.08 bits per heavy atom. The van der Waals surface area contributed by atoms with Gasteiger partial charge >= 0.3 is 0 Å². The Morgan fingerprint density at radius 1 is 1.29 bits per heavy atom. The fourth-order valence-electron chi connectivity index (χ4n) is 2.70. The van der Waals surface area contributed by atoms with Crippen molar-refractivity contribution in [3.05, 3.63) is 29.8 Å². The summed E-state index contributed by atoms with van der Waals surface area (Å²) >= 11 is 0. The maximum atomic E-state index is 12.0. The Labute approximate surface area is 142 Å². The minimum atomic E-state index is -0.164. The third kappa shape index (κ3) is 5.16. The molecule has 1 N–H and O–H groups in total. The Hall–Kier alpha value is -2.21. The molecule has 0 bridgehead atoms. The van der Waals surface area contributed by atoms with E-state index in [1.165, 1.54) is 18.7 Å². The van der Waals surface area contributed by atoms with Gasteiger partial charge in [0.2, 0.25) is 11.8 Å². The lowest BCUT2D eigenvalue weighted by molar-refractivity contribution is -0.121. The molecule has 130 valence electrons. The van der Waals surface area contributed by atoms with Crippen LogP contribution >= 0.6 is 0 Å². The van der Waals surface area contributed by atoms with Crippen molar-refractivity contribution in [3.63, 3.8) is 0 Å². The molecule has 2 rings (SSSR count). The molecule has 1 fully saturated rings. The molecule has 6 heteroatoms. The Morgan fingerprint density at radius 3 is 2.71 bits per heavy atom. The van der Waals surface area contributed by atoms with Crippen molar-refractivity contribution >= 4 is 23.3 Å². The zero-order chi connectivity index (χ0) is 17.5. The molecule has 0 aliphatic carbocycles. The molecule has 0 spiro atoms. The molecule has 0 radical (unpaired) electrons. The normalized spacial score (nSPS) is 16.7. The lowest BCUT2D eigenvalue weighted by Gasteiger charge is -2.21. The minimum Gasteiger partial charge on any atom is -0.376 e. The molecule has 1 unspecified atom stereocenters. The van der Waals surface area contributed by atoms with Gasteiger partial charge in [-0.05, 0) is 31.9 Å². The second kappa shape index (κ2) is 8.59. The van der Waals surface area contributed by atoms with E-state index in [0.29, 0.717) is 17.8 Å². The summed E-state index contributed by atoms with van der Waals surface area (Å²) in [7, 11) is 0. The van der Waals surface area contributed by atoms with E-state index in [9.17, 15) is 14.4 Å². The number of ether oxygens (including phenoxy) is 1. The number of nitrogens with zero attached hydrogens (tertiary/aromatic N) is 1. The van der Waals surface area contributed by atoms with Crippen LogP contribution in [0.15, 0.2) is 24.3 Å². The van der Waals surface area contributed by atoms with E-state index in [2.05, 4.69) is 5.32 Å². The van der Waals surface area contributed by atoms with E-state index >= 15 is 0 Å². The Kier molecular flexibility index (Phi) is 6.49. The average Bonchev–Trinajstić information content (AvgIpc) is 3.06. The third-order valence-corrected chi connectivity index (χ3v) is 4.06. The van der Waals surface area contributed by atoms with Crippen molar-refractivity contribution in [1.29, 1.82) is 0 Å². The van der Waals surface area contributed by atoms with Gasteiger partial charge in [0, 0.05) is 44.3 Å². The summed E-state index contributed by atoms with van der Waals surface area (Å²) in [5, 5.41) is 2.84. The first-order valence-corrected chi connectivity index (χ1v) is 8.25. The van der Waals surface area contributed by atoms with Crippen LogP contribution in [0, 0.1) is 0 Å². The summed E-state index contributed by atoms with van der Waals surface area (Å²) < 4.78 is 5.46. The van der Waals surface area contributed by atoms with E-state index < -0.39 is 0 Å². The van der Waals surface area contributed by atoms with Crippen molar-refractivity contribution < 1.29 is 19.1 Å². The summed E-state index contributed by atoms with van der Waals surface area (Å²) in [6.45, 7) is 4.47. The summed E-state index contributed by atoms with van der Waals surface area (Å²) in [5.41, 5.74) is 1.17. The minimum absolute atomic E-state index is 0.0605. The number of hydrogen-bond acceptors (Lipinski definition) is 4. The highest BCUT2D eigenvalue weighted by atomic mass is 16.5. The molecule has 1 aliphatic heterocycles. The maximum Gasteiger partial charge on any atom is 0.223 e. The molecule has 1 aromatic rings. The van der Waals surface area contributed by atoms with Gasteiger partial charge in [0.05, 0.1) is 6.10 Å². The van der Waals surface area contributed by atoms with Gasteiger partial charge in [-0.25, -0.2) is 0 Å². The number of ketones is 1. The molecule has 0 aromatic heterocycles. The van der Waals surface area contributed by atoms with E-state index in [1.807, 2.05) is 0 Å². The highest BCUT2D eigenvalue weighted by molar-refractivity contribution is 5.97. The predicted octanol–water partition coefficient (Wildman–Crippen LogP) is 1.93. The van der Waals surface area contributed by atoms with Crippen LogP contribution < -0.4 is 10.2 Å². The van der Waals surface area contributed by atoms with Gasteiger partial charge in [-0.1, -0.05) is 12.1 Å². The second-order valence-corrected chi connectivity index (χ2v) is 5.97. The molecule has 24 heavy (non-hydrogen) atoms. The molecule has 1 heterocycles. The number of rotatable bonds is 7. The van der Waals surface area contributed by atoms with E-state index in [4.69, 9.17) is 4.74 Å². The van der Waals surface area contributed by atoms with E-state index in [0.717, 1.165) is 19.4 Å². The number of amides is 2. The summed E-state index contributed by atoms with van der Waals surface area (Å²) in [6.07, 6.45) is 2.31. The van der Waals surface area contributed by atoms with Crippen molar-refractivity contribution in [2.24, 2.45) is 0 Å². The standard InChI is InChI=1S/C18H24N2O4/c1-13(21)15-5-3-6-16(11-15)20(14(2)22)9-8-18(23)19-12-17-7-4-10-24-17/h3,5-6,11,17H,4,7-10,12H2,1-2H3,(H,19,23). The van der Waals surface area contributed by atoms with Gasteiger partial charge in [-0.3, -0.25) is 14.4 Å². The first-order chi connectivity index (χ1) is 11.5. The third-order valence-electron chi connectivity index (χ3n) is 4.06. The highest BCUT2D eigenvalue weighted by Gasteiger charge is 2.18. The maximum absolute atomic E-state index is 12.0. The first kappa shape index (κ1) is 18.1. The van der Waals surface area contributed by atoms with Gasteiger partial charge in [-0.2, -0.15) is 0 Å². The van der Waals surface area contributed by atoms with Gasteiger partial charge < -0.3 is 15.0 Å². The lowest BCUT2D eigenvalue weighted by Crippen LogP contribution is -2.36. The summed E-state index contributed by atoms with van der Waals surface area (Å²) in [5.74, 6) is -0.336. The van der Waals surface area contributed by atoms with Crippen LogP contribution in [0.2, 0.25) is 0 Å². The lowest BCUT2D eigenvalue weighted by atomic mass is 10.1. The molecule has 0 saturated carbocycles. The molecule has 6 nitrogen and oxygen atoms in total. The summed E-state index contributed by atoms with van der Waals surface area (Å²) in [6, 6.07) is 6.88. The van der Waals surface area contributed by atoms with Crippen LogP contribution in [0.5, 0.6) is 0 Å². The summed E-state index contributed by atoms with van der Waals surface area (Å²) in [4.78, 5) is 36.9. The van der Waals surface area contributed by atoms with Crippen molar-refractivity contribution in [3.8, 4) is 0 Å². The van der Waals surface area contributed by atoms with Crippen LogP contribution in [0.25, 0.3) is 0 Å². The SMILES string of the molecule is CC(=O)c1cccc(N(CCC(=O)NCC2CCCO2)C(C)=O)c1. The van der Waals surface area contributed by atoms with E-state index in [-0.39, 0.29) is 36.7 Å². The molecule has 1 atom stereocenters. The highest BCUT2D eigenvalue weighted by Crippen LogP contribution is 2.17. The predicted molar refractivity (Wildman–Crippen MR) is 91.1 cm³/mol. The topological polar surface area (TPSA) is 75.7 Å². The molecule has 1 aromatic carbocycles. The zero-order valence-electron chi connectivity index (χ0n) is 14.2. The number of hydrogen-bond donors (Lipinski definition) is 1. The number of benzene rings is 1. The molecule has 1 saturated heterocycles.